The van der Waals surface area contributed by atoms with E-state index in [1.165, 1.54) is 0 Å². The van der Waals surface area contributed by atoms with Gasteiger partial charge in [-0.1, -0.05) is 13.3 Å². The van der Waals surface area contributed by atoms with E-state index in [1.807, 2.05) is 6.92 Å². The summed E-state index contributed by atoms with van der Waals surface area (Å²) in [5.41, 5.74) is 10.5. The van der Waals surface area contributed by atoms with Crippen LogP contribution in [0.15, 0.2) is 0 Å². The molecule has 0 aromatic carbocycles. The maximum atomic E-state index is 12.0. The van der Waals surface area contributed by atoms with Gasteiger partial charge in [0.1, 0.15) is 0 Å². The minimum Gasteiger partial charge on any atom is -0.369 e. The summed E-state index contributed by atoms with van der Waals surface area (Å²) in [5.74, 6) is -0.348. The number of nitrogens with two attached hydrogens (primary N) is 2. The monoisotopic (exact) mass is 291 g/mol. The zero-order chi connectivity index (χ0) is 13.8. The molecule has 1 saturated carbocycles. The van der Waals surface area contributed by atoms with Crippen molar-refractivity contribution in [3.05, 3.63) is 0 Å². The second kappa shape index (κ2) is 7.70. The number of halogens is 1. The fourth-order valence-corrected chi connectivity index (χ4v) is 2.51. The molecule has 1 unspecified atom stereocenters. The summed E-state index contributed by atoms with van der Waals surface area (Å²) in [5, 5.41) is 2.99. The van der Waals surface area contributed by atoms with Crippen LogP contribution < -0.4 is 16.8 Å². The Morgan fingerprint density at radius 1 is 1.26 bits per heavy atom. The molecule has 5 nitrogen and oxygen atoms in total. The molecule has 0 saturated heterocycles. The highest BCUT2D eigenvalue weighted by molar-refractivity contribution is 5.86. The number of hydrogen-bond acceptors (Lipinski definition) is 3. The molecule has 1 aliphatic carbocycles. The molecule has 1 fully saturated rings. The summed E-state index contributed by atoms with van der Waals surface area (Å²) in [6.45, 7) is 3.78. The van der Waals surface area contributed by atoms with E-state index in [4.69, 9.17) is 11.5 Å². The SMILES string of the molecule is CCCC(C)(N)C(=O)NC1CCC(C(N)=O)CC1.Cl. The Bertz CT molecular complexity index is 313. The van der Waals surface area contributed by atoms with Gasteiger partial charge in [-0.15, -0.1) is 12.4 Å². The second-order valence-electron chi connectivity index (χ2n) is 5.59. The van der Waals surface area contributed by atoms with Gasteiger partial charge in [0.15, 0.2) is 0 Å². The van der Waals surface area contributed by atoms with Crippen LogP contribution in [0.5, 0.6) is 0 Å². The third-order valence-electron chi connectivity index (χ3n) is 3.75. The van der Waals surface area contributed by atoms with E-state index in [2.05, 4.69) is 5.32 Å². The smallest absolute Gasteiger partial charge is 0.240 e. The van der Waals surface area contributed by atoms with Gasteiger partial charge in [0, 0.05) is 12.0 Å². The Balaban J connectivity index is 0.00000324. The molecule has 2 amide bonds. The van der Waals surface area contributed by atoms with Crippen LogP contribution >= 0.6 is 12.4 Å². The number of amides is 2. The normalized spacial score (nSPS) is 25.8. The summed E-state index contributed by atoms with van der Waals surface area (Å²) in [6.07, 6.45) is 4.69. The first kappa shape index (κ1) is 18.2. The van der Waals surface area contributed by atoms with Crippen LogP contribution in [0.25, 0.3) is 0 Å². The number of hydrogen-bond donors (Lipinski definition) is 3. The molecule has 0 bridgehead atoms. The topological polar surface area (TPSA) is 98.2 Å². The summed E-state index contributed by atoms with van der Waals surface area (Å²) in [6, 6.07) is 0.132. The first-order chi connectivity index (χ1) is 8.36. The Labute approximate surface area is 121 Å². The summed E-state index contributed by atoms with van der Waals surface area (Å²) in [4.78, 5) is 23.1. The van der Waals surface area contributed by atoms with E-state index in [0.29, 0.717) is 6.42 Å². The predicted octanol–water partition coefficient (Wildman–Crippen LogP) is 1.09. The first-order valence-corrected chi connectivity index (χ1v) is 6.76. The van der Waals surface area contributed by atoms with Crippen molar-refractivity contribution in [2.24, 2.45) is 17.4 Å². The molecule has 5 N–H and O–H groups in total. The largest absolute Gasteiger partial charge is 0.369 e. The Kier molecular flexibility index (Phi) is 7.37. The molecule has 0 aromatic rings. The zero-order valence-electron chi connectivity index (χ0n) is 11.8. The van der Waals surface area contributed by atoms with E-state index in [0.717, 1.165) is 32.1 Å². The minimum atomic E-state index is -0.796. The van der Waals surface area contributed by atoms with Crippen LogP contribution in [0, 0.1) is 5.92 Å². The first-order valence-electron chi connectivity index (χ1n) is 6.76. The summed E-state index contributed by atoms with van der Waals surface area (Å²) >= 11 is 0. The molecule has 6 heteroatoms. The highest BCUT2D eigenvalue weighted by Gasteiger charge is 2.31. The number of nitrogens with one attached hydrogen (secondary N) is 1. The fraction of sp³-hybridized carbons (Fsp3) is 0.846. The Morgan fingerprint density at radius 2 is 1.79 bits per heavy atom. The van der Waals surface area contributed by atoms with E-state index in [1.54, 1.807) is 6.92 Å². The lowest BCUT2D eigenvalue weighted by Crippen LogP contribution is -2.54. The number of primary amides is 1. The molecule has 1 rings (SSSR count). The van der Waals surface area contributed by atoms with E-state index in [9.17, 15) is 9.59 Å². The van der Waals surface area contributed by atoms with Crippen molar-refractivity contribution in [2.75, 3.05) is 0 Å². The average molecular weight is 292 g/mol. The van der Waals surface area contributed by atoms with Crippen LogP contribution in [-0.4, -0.2) is 23.4 Å². The molecule has 19 heavy (non-hydrogen) atoms. The van der Waals surface area contributed by atoms with Crippen LogP contribution in [0.1, 0.15) is 52.4 Å². The predicted molar refractivity (Wildman–Crippen MR) is 77.8 cm³/mol. The van der Waals surface area contributed by atoms with Gasteiger partial charge in [0.25, 0.3) is 0 Å². The van der Waals surface area contributed by atoms with Gasteiger partial charge in [-0.25, -0.2) is 0 Å². The summed E-state index contributed by atoms with van der Waals surface area (Å²) < 4.78 is 0. The lowest BCUT2D eigenvalue weighted by atomic mass is 9.85. The fourth-order valence-electron chi connectivity index (χ4n) is 2.51. The molecule has 0 aliphatic heterocycles. The van der Waals surface area contributed by atoms with Crippen molar-refractivity contribution in [2.45, 2.75) is 64.0 Å². The van der Waals surface area contributed by atoms with Gasteiger partial charge in [-0.2, -0.15) is 0 Å². The maximum Gasteiger partial charge on any atom is 0.240 e. The highest BCUT2D eigenvalue weighted by Crippen LogP contribution is 2.24. The zero-order valence-corrected chi connectivity index (χ0v) is 12.6. The highest BCUT2D eigenvalue weighted by atomic mass is 35.5. The van der Waals surface area contributed by atoms with Gasteiger partial charge in [-0.3, -0.25) is 9.59 Å². The Morgan fingerprint density at radius 3 is 2.21 bits per heavy atom. The van der Waals surface area contributed by atoms with Crippen molar-refractivity contribution in [1.29, 1.82) is 0 Å². The standard InChI is InChI=1S/C13H25N3O2.ClH/c1-3-8-13(2,15)12(18)16-10-6-4-9(5-7-10)11(14)17;/h9-10H,3-8,15H2,1-2H3,(H2,14,17)(H,16,18);1H. The van der Waals surface area contributed by atoms with Crippen molar-refractivity contribution >= 4 is 24.2 Å². The lowest BCUT2D eigenvalue weighted by molar-refractivity contribution is -0.127. The molecule has 0 spiro atoms. The molecule has 1 atom stereocenters. The van der Waals surface area contributed by atoms with E-state index < -0.39 is 5.54 Å². The molecule has 112 valence electrons. The van der Waals surface area contributed by atoms with E-state index >= 15 is 0 Å². The van der Waals surface area contributed by atoms with Crippen LogP contribution in [0.3, 0.4) is 0 Å². The quantitative estimate of drug-likeness (QED) is 0.707. The van der Waals surface area contributed by atoms with Crippen molar-refractivity contribution < 1.29 is 9.59 Å². The summed E-state index contributed by atoms with van der Waals surface area (Å²) in [7, 11) is 0. The van der Waals surface area contributed by atoms with Gasteiger partial charge < -0.3 is 16.8 Å². The number of carbonyl (C=O) groups excluding carboxylic acids is 2. The third-order valence-corrected chi connectivity index (χ3v) is 3.75. The molecule has 0 heterocycles. The van der Waals surface area contributed by atoms with Crippen molar-refractivity contribution in [3.63, 3.8) is 0 Å². The number of carbonyl (C=O) groups is 2. The average Bonchev–Trinajstić information content (AvgIpc) is 2.29. The molecular weight excluding hydrogens is 266 g/mol. The van der Waals surface area contributed by atoms with Gasteiger partial charge in [0.2, 0.25) is 11.8 Å². The van der Waals surface area contributed by atoms with Crippen molar-refractivity contribution in [1.82, 2.24) is 5.32 Å². The Hall–Kier alpha value is -0.810. The van der Waals surface area contributed by atoms with Crippen molar-refractivity contribution in [3.8, 4) is 0 Å². The third kappa shape index (κ3) is 5.37. The molecule has 1 aliphatic rings. The van der Waals surface area contributed by atoms with Crippen LogP contribution in [0.4, 0.5) is 0 Å². The van der Waals surface area contributed by atoms with Crippen LogP contribution in [-0.2, 0) is 9.59 Å². The van der Waals surface area contributed by atoms with Gasteiger partial charge in [0.05, 0.1) is 5.54 Å². The van der Waals surface area contributed by atoms with Crippen LogP contribution in [0.2, 0.25) is 0 Å². The number of rotatable bonds is 5. The molecular formula is C13H26ClN3O2. The maximum absolute atomic E-state index is 12.0. The molecule has 0 radical (unpaired) electrons. The lowest BCUT2D eigenvalue weighted by Gasteiger charge is -2.31. The molecule has 0 aromatic heterocycles. The van der Waals surface area contributed by atoms with E-state index in [-0.39, 0.29) is 36.2 Å². The van der Waals surface area contributed by atoms with Gasteiger partial charge in [-0.05, 0) is 39.0 Å². The second-order valence-corrected chi connectivity index (χ2v) is 5.59. The van der Waals surface area contributed by atoms with Gasteiger partial charge >= 0.3 is 0 Å². The minimum absolute atomic E-state index is 0.